The molecule has 0 fully saturated rings. The van der Waals surface area contributed by atoms with Crippen LogP contribution in [0, 0.1) is 6.92 Å². The van der Waals surface area contributed by atoms with Crippen LogP contribution in [0.15, 0.2) is 42.6 Å². The number of rotatable bonds is 2. The van der Waals surface area contributed by atoms with Gasteiger partial charge in [0.05, 0.1) is 28.8 Å². The SMILES string of the molecule is Cc1cccc(-c2[nH]c(N)nc2-c2ccc3[nH]ncc3c2)n1. The van der Waals surface area contributed by atoms with E-state index < -0.39 is 0 Å². The topological polar surface area (TPSA) is 96.3 Å². The van der Waals surface area contributed by atoms with Crippen LogP contribution >= 0.6 is 0 Å². The first-order valence-electron chi connectivity index (χ1n) is 6.94. The van der Waals surface area contributed by atoms with Crippen LogP contribution in [0.3, 0.4) is 0 Å². The van der Waals surface area contributed by atoms with Gasteiger partial charge in [-0.05, 0) is 31.2 Å². The number of aromatic amines is 2. The highest BCUT2D eigenvalue weighted by molar-refractivity contribution is 5.87. The summed E-state index contributed by atoms with van der Waals surface area (Å²) in [4.78, 5) is 12.1. The highest BCUT2D eigenvalue weighted by atomic mass is 15.1. The maximum atomic E-state index is 5.87. The van der Waals surface area contributed by atoms with Crippen molar-refractivity contribution >= 4 is 16.9 Å². The van der Waals surface area contributed by atoms with Gasteiger partial charge in [0, 0.05) is 16.6 Å². The van der Waals surface area contributed by atoms with Crippen molar-refractivity contribution in [3.05, 3.63) is 48.3 Å². The summed E-state index contributed by atoms with van der Waals surface area (Å²) in [5.74, 6) is 0.376. The molecule has 108 valence electrons. The van der Waals surface area contributed by atoms with Crippen molar-refractivity contribution in [1.29, 1.82) is 0 Å². The average Bonchev–Trinajstić information content (AvgIpc) is 3.12. The minimum Gasteiger partial charge on any atom is -0.369 e. The normalized spacial score (nSPS) is 11.1. The zero-order valence-corrected chi connectivity index (χ0v) is 12.0. The van der Waals surface area contributed by atoms with Crippen LogP contribution in [0.25, 0.3) is 33.5 Å². The van der Waals surface area contributed by atoms with Crippen molar-refractivity contribution in [3.63, 3.8) is 0 Å². The maximum Gasteiger partial charge on any atom is 0.198 e. The molecule has 4 N–H and O–H groups in total. The van der Waals surface area contributed by atoms with E-state index in [1.807, 2.05) is 43.3 Å². The van der Waals surface area contributed by atoms with Crippen molar-refractivity contribution < 1.29 is 0 Å². The summed E-state index contributed by atoms with van der Waals surface area (Å²) in [6.07, 6.45) is 1.79. The van der Waals surface area contributed by atoms with Crippen LogP contribution < -0.4 is 5.73 Å². The van der Waals surface area contributed by atoms with E-state index in [4.69, 9.17) is 5.73 Å². The summed E-state index contributed by atoms with van der Waals surface area (Å²) in [6, 6.07) is 11.9. The molecule has 0 saturated carbocycles. The maximum absolute atomic E-state index is 5.87. The molecule has 0 spiro atoms. The Labute approximate surface area is 126 Å². The van der Waals surface area contributed by atoms with E-state index in [2.05, 4.69) is 25.1 Å². The number of nitrogen functional groups attached to an aromatic ring is 1. The fraction of sp³-hybridized carbons (Fsp3) is 0.0625. The largest absolute Gasteiger partial charge is 0.369 e. The second-order valence-corrected chi connectivity index (χ2v) is 5.18. The van der Waals surface area contributed by atoms with Gasteiger partial charge in [0.15, 0.2) is 5.95 Å². The summed E-state index contributed by atoms with van der Waals surface area (Å²) >= 11 is 0. The van der Waals surface area contributed by atoms with Gasteiger partial charge in [-0.15, -0.1) is 0 Å². The Morgan fingerprint density at radius 3 is 2.86 bits per heavy atom. The van der Waals surface area contributed by atoms with Gasteiger partial charge in [0.1, 0.15) is 0 Å². The van der Waals surface area contributed by atoms with Gasteiger partial charge in [-0.3, -0.25) is 10.1 Å². The molecule has 0 aliphatic rings. The second kappa shape index (κ2) is 4.70. The smallest absolute Gasteiger partial charge is 0.198 e. The summed E-state index contributed by atoms with van der Waals surface area (Å²) in [7, 11) is 0. The van der Waals surface area contributed by atoms with Crippen LogP contribution in [0.4, 0.5) is 5.95 Å². The molecule has 0 saturated heterocycles. The first kappa shape index (κ1) is 12.6. The third kappa shape index (κ3) is 2.01. The van der Waals surface area contributed by atoms with Gasteiger partial charge in [-0.1, -0.05) is 12.1 Å². The number of aromatic nitrogens is 5. The minimum absolute atomic E-state index is 0.376. The van der Waals surface area contributed by atoms with Crippen molar-refractivity contribution in [1.82, 2.24) is 25.1 Å². The van der Waals surface area contributed by atoms with E-state index in [0.29, 0.717) is 5.95 Å². The molecule has 3 heterocycles. The van der Waals surface area contributed by atoms with E-state index in [9.17, 15) is 0 Å². The van der Waals surface area contributed by atoms with Crippen molar-refractivity contribution in [2.45, 2.75) is 6.92 Å². The number of nitrogens with one attached hydrogen (secondary N) is 2. The van der Waals surface area contributed by atoms with Crippen LogP contribution in [-0.4, -0.2) is 25.1 Å². The van der Waals surface area contributed by atoms with Crippen molar-refractivity contribution in [3.8, 4) is 22.6 Å². The van der Waals surface area contributed by atoms with Crippen LogP contribution in [0.5, 0.6) is 0 Å². The van der Waals surface area contributed by atoms with Gasteiger partial charge in [0.25, 0.3) is 0 Å². The molecule has 0 atom stereocenters. The number of pyridine rings is 1. The molecule has 6 heteroatoms. The minimum atomic E-state index is 0.376. The Morgan fingerprint density at radius 1 is 1.09 bits per heavy atom. The lowest BCUT2D eigenvalue weighted by molar-refractivity contribution is 1.12. The summed E-state index contributed by atoms with van der Waals surface area (Å²) in [5.41, 5.74) is 11.2. The zero-order valence-electron chi connectivity index (χ0n) is 12.0. The predicted octanol–water partition coefficient (Wildman–Crippen LogP) is 2.91. The second-order valence-electron chi connectivity index (χ2n) is 5.18. The predicted molar refractivity (Wildman–Crippen MR) is 86.1 cm³/mol. The average molecular weight is 290 g/mol. The summed E-state index contributed by atoms with van der Waals surface area (Å²) in [6.45, 7) is 1.96. The van der Waals surface area contributed by atoms with Gasteiger partial charge < -0.3 is 10.7 Å². The summed E-state index contributed by atoms with van der Waals surface area (Å²) in [5, 5.41) is 8.01. The summed E-state index contributed by atoms with van der Waals surface area (Å²) < 4.78 is 0. The Kier molecular flexibility index (Phi) is 2.69. The number of fused-ring (bicyclic) bond motifs is 1. The van der Waals surface area contributed by atoms with Crippen molar-refractivity contribution in [2.75, 3.05) is 5.73 Å². The molecule has 0 bridgehead atoms. The highest BCUT2D eigenvalue weighted by Gasteiger charge is 2.14. The lowest BCUT2D eigenvalue weighted by Crippen LogP contribution is -1.89. The number of hydrogen-bond acceptors (Lipinski definition) is 4. The molecule has 1 aromatic carbocycles. The van der Waals surface area contributed by atoms with Gasteiger partial charge in [0.2, 0.25) is 0 Å². The number of anilines is 1. The van der Waals surface area contributed by atoms with Crippen molar-refractivity contribution in [2.24, 2.45) is 0 Å². The third-order valence-corrected chi connectivity index (χ3v) is 3.58. The number of hydrogen-bond donors (Lipinski definition) is 3. The number of benzene rings is 1. The lowest BCUT2D eigenvalue weighted by atomic mass is 10.1. The fourth-order valence-corrected chi connectivity index (χ4v) is 2.56. The van der Waals surface area contributed by atoms with Gasteiger partial charge >= 0.3 is 0 Å². The van der Waals surface area contributed by atoms with Crippen LogP contribution in [-0.2, 0) is 0 Å². The van der Waals surface area contributed by atoms with E-state index in [1.54, 1.807) is 6.20 Å². The molecular weight excluding hydrogens is 276 g/mol. The van der Waals surface area contributed by atoms with E-state index in [0.717, 1.165) is 39.2 Å². The molecule has 3 aromatic heterocycles. The first-order valence-corrected chi connectivity index (χ1v) is 6.94. The van der Waals surface area contributed by atoms with Gasteiger partial charge in [-0.25, -0.2) is 4.98 Å². The third-order valence-electron chi connectivity index (χ3n) is 3.58. The molecule has 22 heavy (non-hydrogen) atoms. The molecule has 4 aromatic rings. The number of H-pyrrole nitrogens is 2. The van der Waals surface area contributed by atoms with E-state index in [1.165, 1.54) is 0 Å². The first-order chi connectivity index (χ1) is 10.7. The molecule has 0 aliphatic heterocycles. The fourth-order valence-electron chi connectivity index (χ4n) is 2.56. The number of imidazole rings is 1. The van der Waals surface area contributed by atoms with Crippen LogP contribution in [0.1, 0.15) is 5.69 Å². The quantitative estimate of drug-likeness (QED) is 0.529. The zero-order chi connectivity index (χ0) is 15.1. The molecule has 0 unspecified atom stereocenters. The van der Waals surface area contributed by atoms with Crippen LogP contribution in [0.2, 0.25) is 0 Å². The number of nitrogens with two attached hydrogens (primary N) is 1. The Bertz CT molecular complexity index is 966. The molecule has 6 nitrogen and oxygen atoms in total. The Hall–Kier alpha value is -3.15. The van der Waals surface area contributed by atoms with E-state index >= 15 is 0 Å². The Morgan fingerprint density at radius 2 is 2.00 bits per heavy atom. The number of aryl methyl sites for hydroxylation is 1. The lowest BCUT2D eigenvalue weighted by Gasteiger charge is -2.03. The Balaban J connectivity index is 1.91. The molecule has 4 rings (SSSR count). The standard InChI is InChI=1S/C16H14N6/c1-9-3-2-4-13(19-9)15-14(20-16(17)21-15)10-5-6-12-11(7-10)8-18-22-12/h2-8H,1H3,(H,18,22)(H3,17,20,21). The molecule has 0 amide bonds. The molecule has 0 radical (unpaired) electrons. The highest BCUT2D eigenvalue weighted by Crippen LogP contribution is 2.31. The molecule has 0 aliphatic carbocycles. The number of nitrogens with zero attached hydrogens (tertiary/aromatic N) is 3. The van der Waals surface area contributed by atoms with E-state index in [-0.39, 0.29) is 0 Å². The molecular formula is C16H14N6. The monoisotopic (exact) mass is 290 g/mol. The van der Waals surface area contributed by atoms with Gasteiger partial charge in [-0.2, -0.15) is 5.10 Å².